The highest BCUT2D eigenvalue weighted by atomic mass is 16.5. The molecule has 0 saturated heterocycles. The number of aliphatic hydroxyl groups excluding tert-OH is 1. The van der Waals surface area contributed by atoms with Gasteiger partial charge in [-0.1, -0.05) is 5.16 Å². The smallest absolute Gasteiger partial charge is 0.240 e. The van der Waals surface area contributed by atoms with Crippen molar-refractivity contribution in [2.45, 2.75) is 50.3 Å². The van der Waals surface area contributed by atoms with Crippen LogP contribution in [0.4, 0.5) is 5.69 Å². The van der Waals surface area contributed by atoms with Gasteiger partial charge in [0.05, 0.1) is 30.0 Å². The molecule has 3 heterocycles. The van der Waals surface area contributed by atoms with Crippen molar-refractivity contribution in [3.63, 3.8) is 0 Å². The van der Waals surface area contributed by atoms with E-state index >= 15 is 0 Å². The summed E-state index contributed by atoms with van der Waals surface area (Å²) in [6.45, 7) is 0.935. The highest BCUT2D eigenvalue weighted by Gasteiger charge is 2.54. The van der Waals surface area contributed by atoms with Crippen molar-refractivity contribution in [2.75, 3.05) is 18.5 Å². The molecule has 3 aromatic rings. The molecule has 7 rings (SSSR count). The molecular weight excluding hydrogens is 396 g/mol. The van der Waals surface area contributed by atoms with Gasteiger partial charge in [0.15, 0.2) is 0 Å². The van der Waals surface area contributed by atoms with Crippen LogP contribution in [0, 0.1) is 17.8 Å². The maximum absolute atomic E-state index is 11.0. The second-order valence-corrected chi connectivity index (χ2v) is 9.56. The minimum Gasteiger partial charge on any atom is -0.395 e. The summed E-state index contributed by atoms with van der Waals surface area (Å²) in [4.78, 5) is 12.3. The van der Waals surface area contributed by atoms with Crippen LogP contribution in [0.5, 0.6) is 0 Å². The molecule has 0 aliphatic heterocycles. The quantitative estimate of drug-likeness (QED) is 0.364. The van der Waals surface area contributed by atoms with E-state index in [1.807, 2.05) is 12.3 Å². The van der Waals surface area contributed by atoms with Crippen LogP contribution in [0.2, 0.25) is 0 Å². The molecule has 9 heteroatoms. The van der Waals surface area contributed by atoms with Crippen LogP contribution in [0.3, 0.4) is 0 Å². The van der Waals surface area contributed by atoms with Gasteiger partial charge in [0, 0.05) is 30.4 Å². The molecular formula is C22H28N6O3. The first kappa shape index (κ1) is 19.2. The van der Waals surface area contributed by atoms with E-state index < -0.39 is 5.60 Å². The van der Waals surface area contributed by atoms with Gasteiger partial charge in [-0.05, 0) is 55.9 Å². The number of aromatic nitrogens is 4. The van der Waals surface area contributed by atoms with E-state index in [9.17, 15) is 5.11 Å². The maximum atomic E-state index is 11.0. The number of nitrogens with zero attached hydrogens (tertiary/aromatic N) is 3. The standard InChI is InChI=1S/C22H28N6O3/c29-4-3-23-11-17-26-21(28-31-17)16-10-25-20-15(1-2-24-20)19(16)27-18-13-5-12-6-14(18)9-22(30,7-12)8-13/h1-2,10,12-14,18,23,29-30H,3-9,11H2,(H2,24,25,27)/t12?,13?,14?,18-,22+. The van der Waals surface area contributed by atoms with Gasteiger partial charge in [-0.2, -0.15) is 4.98 Å². The molecule has 0 aromatic carbocycles. The fourth-order valence-corrected chi connectivity index (χ4v) is 6.43. The van der Waals surface area contributed by atoms with Crippen LogP contribution in [0.25, 0.3) is 22.4 Å². The largest absolute Gasteiger partial charge is 0.395 e. The Morgan fingerprint density at radius 1 is 1.23 bits per heavy atom. The molecule has 9 nitrogen and oxygen atoms in total. The zero-order valence-electron chi connectivity index (χ0n) is 17.3. The predicted molar refractivity (Wildman–Crippen MR) is 114 cm³/mol. The van der Waals surface area contributed by atoms with Crippen molar-refractivity contribution >= 4 is 16.7 Å². The fraction of sp³-hybridized carbons (Fsp3) is 0.591. The summed E-state index contributed by atoms with van der Waals surface area (Å²) in [6.07, 6.45) is 8.82. The molecule has 2 unspecified atom stereocenters. The fourth-order valence-electron chi connectivity index (χ4n) is 6.43. The Morgan fingerprint density at radius 3 is 2.84 bits per heavy atom. The lowest BCUT2D eigenvalue weighted by Crippen LogP contribution is -2.59. The normalized spacial score (nSPS) is 31.5. The van der Waals surface area contributed by atoms with Gasteiger partial charge in [-0.25, -0.2) is 4.98 Å². The minimum absolute atomic E-state index is 0.0584. The number of anilines is 1. The van der Waals surface area contributed by atoms with Crippen LogP contribution in [0.1, 0.15) is 38.0 Å². The third-order valence-corrected chi connectivity index (χ3v) is 7.41. The summed E-state index contributed by atoms with van der Waals surface area (Å²) in [5.74, 6) is 2.60. The van der Waals surface area contributed by atoms with E-state index in [2.05, 4.69) is 30.7 Å². The number of hydrogen-bond acceptors (Lipinski definition) is 8. The van der Waals surface area contributed by atoms with Gasteiger partial charge in [0.2, 0.25) is 11.7 Å². The van der Waals surface area contributed by atoms with Crippen LogP contribution in [-0.4, -0.2) is 55.1 Å². The van der Waals surface area contributed by atoms with Gasteiger partial charge < -0.3 is 30.4 Å². The second kappa shape index (κ2) is 7.29. The monoisotopic (exact) mass is 424 g/mol. The summed E-state index contributed by atoms with van der Waals surface area (Å²) >= 11 is 0. The first-order valence-electron chi connectivity index (χ1n) is 11.2. The number of aromatic amines is 1. The average molecular weight is 425 g/mol. The van der Waals surface area contributed by atoms with Crippen molar-refractivity contribution in [1.82, 2.24) is 25.4 Å². The van der Waals surface area contributed by atoms with Crippen molar-refractivity contribution in [3.05, 3.63) is 24.4 Å². The molecule has 0 radical (unpaired) electrons. The van der Waals surface area contributed by atoms with Gasteiger partial charge in [0.25, 0.3) is 0 Å². The Bertz CT molecular complexity index is 1080. The number of nitrogens with one attached hydrogen (secondary N) is 3. The van der Waals surface area contributed by atoms with E-state index in [4.69, 9.17) is 9.63 Å². The highest BCUT2D eigenvalue weighted by Crippen LogP contribution is 2.56. The van der Waals surface area contributed by atoms with Gasteiger partial charge in [-0.15, -0.1) is 0 Å². The maximum Gasteiger partial charge on any atom is 0.240 e. The highest BCUT2D eigenvalue weighted by molar-refractivity contribution is 5.97. The molecule has 4 fully saturated rings. The predicted octanol–water partition coefficient (Wildman–Crippen LogP) is 2.05. The van der Waals surface area contributed by atoms with Gasteiger partial charge >= 0.3 is 0 Å². The number of pyridine rings is 1. The minimum atomic E-state index is -0.455. The van der Waals surface area contributed by atoms with Crippen molar-refractivity contribution in [2.24, 2.45) is 17.8 Å². The van der Waals surface area contributed by atoms with Crippen LogP contribution in [0.15, 0.2) is 23.0 Å². The first-order valence-corrected chi connectivity index (χ1v) is 11.2. The molecule has 5 N–H and O–H groups in total. The number of H-pyrrole nitrogens is 1. The first-order chi connectivity index (χ1) is 15.1. The zero-order valence-corrected chi connectivity index (χ0v) is 17.3. The summed E-state index contributed by atoms with van der Waals surface area (Å²) in [7, 11) is 0. The van der Waals surface area contributed by atoms with Crippen LogP contribution < -0.4 is 10.6 Å². The van der Waals surface area contributed by atoms with E-state index in [0.717, 1.165) is 41.5 Å². The average Bonchev–Trinajstić information content (AvgIpc) is 3.39. The lowest BCUT2D eigenvalue weighted by Gasteiger charge is -2.58. The lowest BCUT2D eigenvalue weighted by molar-refractivity contribution is -0.129. The molecule has 31 heavy (non-hydrogen) atoms. The zero-order chi connectivity index (χ0) is 21.0. The Kier molecular flexibility index (Phi) is 4.52. The Morgan fingerprint density at radius 2 is 2.06 bits per heavy atom. The summed E-state index contributed by atoms with van der Waals surface area (Å²) in [5.41, 5.74) is 2.16. The Labute approximate surface area is 179 Å². The van der Waals surface area contributed by atoms with Crippen molar-refractivity contribution < 1.29 is 14.7 Å². The molecule has 4 aliphatic carbocycles. The van der Waals surface area contributed by atoms with Crippen LogP contribution >= 0.6 is 0 Å². The number of rotatable bonds is 7. The molecule has 0 amide bonds. The van der Waals surface area contributed by atoms with Gasteiger partial charge in [0.1, 0.15) is 5.65 Å². The Balaban J connectivity index is 1.33. The second-order valence-electron chi connectivity index (χ2n) is 9.56. The van der Waals surface area contributed by atoms with E-state index in [-0.39, 0.29) is 6.61 Å². The summed E-state index contributed by atoms with van der Waals surface area (Å²) in [6, 6.07) is 2.36. The van der Waals surface area contributed by atoms with Crippen molar-refractivity contribution in [1.29, 1.82) is 0 Å². The number of aliphatic hydroxyl groups is 2. The SMILES string of the molecule is OCCNCc1nc(-c2cnc3[nH]ccc3c2N[C@H]2C3CC4CC2C[C@@](O)(C4)C3)no1. The molecule has 0 spiro atoms. The van der Waals surface area contributed by atoms with Gasteiger partial charge in [-0.3, -0.25) is 0 Å². The molecule has 164 valence electrons. The van der Waals surface area contributed by atoms with Crippen molar-refractivity contribution in [3.8, 4) is 11.4 Å². The summed E-state index contributed by atoms with van der Waals surface area (Å²) in [5, 5.41) is 32.0. The molecule has 4 saturated carbocycles. The number of fused-ring (bicyclic) bond motifs is 1. The molecule has 2 atom stereocenters. The lowest BCUT2D eigenvalue weighted by atomic mass is 9.52. The van der Waals surface area contributed by atoms with Crippen LogP contribution in [-0.2, 0) is 6.54 Å². The van der Waals surface area contributed by atoms with E-state index in [1.54, 1.807) is 6.20 Å². The molecule has 4 bridgehead atoms. The topological polar surface area (TPSA) is 132 Å². The third-order valence-electron chi connectivity index (χ3n) is 7.41. The van der Waals surface area contributed by atoms with E-state index in [1.165, 1.54) is 12.8 Å². The number of hydrogen-bond donors (Lipinski definition) is 5. The Hall–Kier alpha value is -2.49. The third kappa shape index (κ3) is 3.31. The molecule has 4 aliphatic rings. The summed E-state index contributed by atoms with van der Waals surface area (Å²) < 4.78 is 5.41. The molecule has 3 aromatic heterocycles. The van der Waals surface area contributed by atoms with E-state index in [0.29, 0.717) is 48.6 Å².